The maximum atomic E-state index is 12.8. The summed E-state index contributed by atoms with van der Waals surface area (Å²) < 4.78 is 17.9. The predicted molar refractivity (Wildman–Crippen MR) is 79.1 cm³/mol. The van der Waals surface area contributed by atoms with Crippen LogP contribution < -0.4 is 10.2 Å². The standard InChI is InChI=1S/C16H15FN2O2/c1-11(12-3-7-14(17)8-4-12)18-19-16(20)13-5-9-15(21-2)10-6-13/h3-10H,1-2H3,(H,19,20)/b18-11-. The van der Waals surface area contributed by atoms with Crippen molar-refractivity contribution in [1.29, 1.82) is 0 Å². The highest BCUT2D eigenvalue weighted by Crippen LogP contribution is 2.11. The van der Waals surface area contributed by atoms with Crippen molar-refractivity contribution in [2.75, 3.05) is 7.11 Å². The molecule has 0 aliphatic carbocycles. The summed E-state index contributed by atoms with van der Waals surface area (Å²) in [5.41, 5.74) is 4.28. The topological polar surface area (TPSA) is 50.7 Å². The largest absolute Gasteiger partial charge is 0.497 e. The number of amides is 1. The van der Waals surface area contributed by atoms with Crippen molar-refractivity contribution in [3.8, 4) is 5.75 Å². The Morgan fingerprint density at radius 3 is 2.19 bits per heavy atom. The number of methoxy groups -OCH3 is 1. The third-order valence-electron chi connectivity index (χ3n) is 2.94. The molecule has 0 spiro atoms. The minimum atomic E-state index is -0.320. The van der Waals surface area contributed by atoms with Gasteiger partial charge in [0.1, 0.15) is 11.6 Å². The van der Waals surface area contributed by atoms with Crippen LogP contribution in [0.15, 0.2) is 53.6 Å². The van der Waals surface area contributed by atoms with Gasteiger partial charge in [0.25, 0.3) is 5.91 Å². The van der Waals surface area contributed by atoms with Crippen LogP contribution in [0.2, 0.25) is 0 Å². The van der Waals surface area contributed by atoms with Crippen molar-refractivity contribution in [3.63, 3.8) is 0 Å². The van der Waals surface area contributed by atoms with E-state index >= 15 is 0 Å². The molecule has 2 aromatic carbocycles. The lowest BCUT2D eigenvalue weighted by Crippen LogP contribution is -2.19. The SMILES string of the molecule is COc1ccc(C(=O)N/N=C(/C)c2ccc(F)cc2)cc1. The number of nitrogens with one attached hydrogen (secondary N) is 1. The number of rotatable bonds is 4. The van der Waals surface area contributed by atoms with Gasteiger partial charge in [-0.3, -0.25) is 4.79 Å². The van der Waals surface area contributed by atoms with Crippen molar-refractivity contribution in [2.24, 2.45) is 5.10 Å². The van der Waals surface area contributed by atoms with Gasteiger partial charge >= 0.3 is 0 Å². The molecule has 0 saturated heterocycles. The Hall–Kier alpha value is -2.69. The first kappa shape index (κ1) is 14.7. The third-order valence-corrected chi connectivity index (χ3v) is 2.94. The molecule has 4 nitrogen and oxygen atoms in total. The van der Waals surface area contributed by atoms with Crippen molar-refractivity contribution >= 4 is 11.6 Å². The van der Waals surface area contributed by atoms with Crippen LogP contribution in [0, 0.1) is 5.82 Å². The summed E-state index contributed by atoms with van der Waals surface area (Å²) in [5.74, 6) is 0.0467. The summed E-state index contributed by atoms with van der Waals surface area (Å²) in [6.07, 6.45) is 0. The summed E-state index contributed by atoms with van der Waals surface area (Å²) in [4.78, 5) is 11.9. The fourth-order valence-electron chi connectivity index (χ4n) is 1.70. The second-order valence-electron chi connectivity index (χ2n) is 4.37. The third kappa shape index (κ3) is 3.89. The molecule has 0 fully saturated rings. The van der Waals surface area contributed by atoms with E-state index in [1.807, 2.05) is 0 Å². The van der Waals surface area contributed by atoms with Gasteiger partial charge in [0, 0.05) is 5.56 Å². The lowest BCUT2D eigenvalue weighted by molar-refractivity contribution is 0.0955. The van der Waals surface area contributed by atoms with E-state index in [0.717, 1.165) is 5.56 Å². The average Bonchev–Trinajstić information content (AvgIpc) is 2.53. The van der Waals surface area contributed by atoms with Crippen molar-refractivity contribution in [2.45, 2.75) is 6.92 Å². The van der Waals surface area contributed by atoms with E-state index in [-0.39, 0.29) is 11.7 Å². The Bertz CT molecular complexity index is 649. The van der Waals surface area contributed by atoms with E-state index in [9.17, 15) is 9.18 Å². The molecule has 5 heteroatoms. The molecule has 0 aliphatic heterocycles. The van der Waals surface area contributed by atoms with Gasteiger partial charge in [0.2, 0.25) is 0 Å². The summed E-state index contributed by atoms with van der Waals surface area (Å²) in [6.45, 7) is 1.74. The van der Waals surface area contributed by atoms with E-state index < -0.39 is 0 Å². The molecule has 0 saturated carbocycles. The summed E-state index contributed by atoms with van der Waals surface area (Å²) in [5, 5.41) is 4.01. The van der Waals surface area contributed by atoms with E-state index in [2.05, 4.69) is 10.5 Å². The monoisotopic (exact) mass is 286 g/mol. The van der Waals surface area contributed by atoms with Gasteiger partial charge in [-0.1, -0.05) is 12.1 Å². The average molecular weight is 286 g/mol. The number of carbonyl (C=O) groups is 1. The molecule has 0 aliphatic rings. The zero-order valence-electron chi connectivity index (χ0n) is 11.8. The molecule has 21 heavy (non-hydrogen) atoms. The number of halogens is 1. The molecule has 2 rings (SSSR count). The molecule has 0 radical (unpaired) electrons. The summed E-state index contributed by atoms with van der Waals surface area (Å²) in [6, 6.07) is 12.6. The molecule has 108 valence electrons. The first-order valence-corrected chi connectivity index (χ1v) is 6.35. The summed E-state index contributed by atoms with van der Waals surface area (Å²) in [7, 11) is 1.56. The van der Waals surface area contributed by atoms with Gasteiger partial charge in [0.05, 0.1) is 12.8 Å². The molecule has 0 heterocycles. The van der Waals surface area contributed by atoms with Gasteiger partial charge in [-0.2, -0.15) is 5.10 Å². The van der Waals surface area contributed by atoms with Crippen molar-refractivity contribution in [1.82, 2.24) is 5.43 Å². The van der Waals surface area contributed by atoms with E-state index in [1.54, 1.807) is 50.4 Å². The van der Waals surface area contributed by atoms with E-state index in [1.165, 1.54) is 12.1 Å². The Morgan fingerprint density at radius 2 is 1.62 bits per heavy atom. The van der Waals surface area contributed by atoms with Gasteiger partial charge in [-0.05, 0) is 48.9 Å². The molecule has 0 unspecified atom stereocenters. The zero-order valence-corrected chi connectivity index (χ0v) is 11.8. The van der Waals surface area contributed by atoms with Crippen LogP contribution in [0.3, 0.4) is 0 Å². The number of hydrazone groups is 1. The minimum Gasteiger partial charge on any atom is -0.497 e. The highest BCUT2D eigenvalue weighted by Gasteiger charge is 2.05. The molecular formula is C16H15FN2O2. The number of carbonyl (C=O) groups excluding carboxylic acids is 1. The smallest absolute Gasteiger partial charge is 0.271 e. The van der Waals surface area contributed by atoms with E-state index in [0.29, 0.717) is 17.0 Å². The van der Waals surface area contributed by atoms with Gasteiger partial charge in [0.15, 0.2) is 0 Å². The van der Waals surface area contributed by atoms with Crippen LogP contribution in [-0.2, 0) is 0 Å². The van der Waals surface area contributed by atoms with Crippen LogP contribution >= 0.6 is 0 Å². The number of benzene rings is 2. The van der Waals surface area contributed by atoms with Gasteiger partial charge in [-0.15, -0.1) is 0 Å². The minimum absolute atomic E-state index is 0.311. The molecule has 0 aromatic heterocycles. The fourth-order valence-corrected chi connectivity index (χ4v) is 1.70. The van der Waals surface area contributed by atoms with Crippen LogP contribution in [-0.4, -0.2) is 18.7 Å². The Morgan fingerprint density at radius 1 is 1.05 bits per heavy atom. The van der Waals surface area contributed by atoms with Crippen LogP contribution in [0.1, 0.15) is 22.8 Å². The first-order valence-electron chi connectivity index (χ1n) is 6.35. The van der Waals surface area contributed by atoms with Crippen LogP contribution in [0.4, 0.5) is 4.39 Å². The quantitative estimate of drug-likeness (QED) is 0.694. The van der Waals surface area contributed by atoms with E-state index in [4.69, 9.17) is 4.74 Å². The van der Waals surface area contributed by atoms with Gasteiger partial charge in [-0.25, -0.2) is 9.82 Å². The normalized spacial score (nSPS) is 11.1. The van der Waals surface area contributed by atoms with Gasteiger partial charge < -0.3 is 4.74 Å². The lowest BCUT2D eigenvalue weighted by Gasteiger charge is -2.04. The Labute approximate surface area is 122 Å². The number of hydrogen-bond acceptors (Lipinski definition) is 3. The fraction of sp³-hybridized carbons (Fsp3) is 0.125. The van der Waals surface area contributed by atoms with Crippen LogP contribution in [0.25, 0.3) is 0 Å². The molecule has 0 atom stereocenters. The molecule has 2 aromatic rings. The van der Waals surface area contributed by atoms with Crippen molar-refractivity contribution < 1.29 is 13.9 Å². The Balaban J connectivity index is 2.04. The maximum Gasteiger partial charge on any atom is 0.271 e. The lowest BCUT2D eigenvalue weighted by atomic mass is 10.1. The zero-order chi connectivity index (χ0) is 15.2. The molecular weight excluding hydrogens is 271 g/mol. The Kier molecular flexibility index (Phi) is 4.66. The second-order valence-corrected chi connectivity index (χ2v) is 4.37. The number of hydrogen-bond donors (Lipinski definition) is 1. The number of nitrogens with zero attached hydrogens (tertiary/aromatic N) is 1. The molecule has 0 bridgehead atoms. The van der Waals surface area contributed by atoms with Crippen LogP contribution in [0.5, 0.6) is 5.75 Å². The summed E-state index contributed by atoms with van der Waals surface area (Å²) >= 11 is 0. The highest BCUT2D eigenvalue weighted by atomic mass is 19.1. The van der Waals surface area contributed by atoms with Crippen molar-refractivity contribution in [3.05, 3.63) is 65.5 Å². The predicted octanol–water partition coefficient (Wildman–Crippen LogP) is 2.99. The number of ether oxygens (including phenoxy) is 1. The second kappa shape index (κ2) is 6.65. The highest BCUT2D eigenvalue weighted by molar-refractivity contribution is 6.00. The first-order chi connectivity index (χ1) is 10.1. The maximum absolute atomic E-state index is 12.8. The molecule has 1 N–H and O–H groups in total. The molecule has 1 amide bonds.